The zero-order valence-electron chi connectivity index (χ0n) is 8.83. The third-order valence-corrected chi connectivity index (χ3v) is 2.69. The average molecular weight is 218 g/mol. The number of nitrogens with zero attached hydrogens (tertiary/aromatic N) is 2. The second-order valence-corrected chi connectivity index (χ2v) is 4.42. The lowest BCUT2D eigenvalue weighted by Gasteiger charge is -2.21. The monoisotopic (exact) mass is 218 g/mol. The van der Waals surface area contributed by atoms with Crippen molar-refractivity contribution < 1.29 is 0 Å². The summed E-state index contributed by atoms with van der Waals surface area (Å²) in [5.74, 6) is 0. The smallest absolute Gasteiger partial charge is 0.0745 e. The Morgan fingerprint density at radius 1 is 0.923 bits per heavy atom. The Labute approximate surface area is 91.9 Å². The fraction of sp³-hybridized carbons (Fsp3) is 0.778. The van der Waals surface area contributed by atoms with Crippen LogP contribution in [-0.4, -0.2) is 47.0 Å². The quantitative estimate of drug-likeness (QED) is 0.665. The van der Waals surface area contributed by atoms with Crippen LogP contribution in [0.15, 0.2) is 0 Å². The second kappa shape index (κ2) is 6.27. The van der Waals surface area contributed by atoms with Gasteiger partial charge in [0.2, 0.25) is 0 Å². The molecule has 0 aromatic carbocycles. The van der Waals surface area contributed by atoms with E-state index in [4.69, 9.17) is 24.4 Å². The van der Waals surface area contributed by atoms with E-state index in [1.165, 1.54) is 0 Å². The van der Waals surface area contributed by atoms with E-state index in [2.05, 4.69) is 9.80 Å². The molecule has 0 saturated heterocycles. The zero-order valence-corrected chi connectivity index (χ0v) is 10.5. The first-order valence-electron chi connectivity index (χ1n) is 4.38. The van der Waals surface area contributed by atoms with E-state index in [-0.39, 0.29) is 0 Å². The maximum Gasteiger partial charge on any atom is 0.0745 e. The van der Waals surface area contributed by atoms with Gasteiger partial charge in [0.05, 0.1) is 9.98 Å². The summed E-state index contributed by atoms with van der Waals surface area (Å²) in [6.07, 6.45) is 1.09. The van der Waals surface area contributed by atoms with Gasteiger partial charge < -0.3 is 9.80 Å². The molecule has 0 aromatic heterocycles. The van der Waals surface area contributed by atoms with Crippen LogP contribution in [0.3, 0.4) is 0 Å². The molecule has 0 N–H and O–H groups in total. The van der Waals surface area contributed by atoms with Crippen molar-refractivity contribution in [2.45, 2.75) is 20.3 Å². The SMILES string of the molecule is CC(=S)N(C)CCCN(C)C(C)=S. The van der Waals surface area contributed by atoms with Gasteiger partial charge >= 0.3 is 0 Å². The van der Waals surface area contributed by atoms with Gasteiger partial charge in [0.1, 0.15) is 0 Å². The Bertz CT molecular complexity index is 172. The molecule has 0 aliphatic carbocycles. The van der Waals surface area contributed by atoms with Gasteiger partial charge in [0, 0.05) is 27.2 Å². The molecule has 13 heavy (non-hydrogen) atoms. The zero-order chi connectivity index (χ0) is 10.4. The highest BCUT2D eigenvalue weighted by molar-refractivity contribution is 7.80. The first-order valence-corrected chi connectivity index (χ1v) is 5.20. The molecule has 0 aliphatic rings. The normalized spacial score (nSPS) is 9.54. The van der Waals surface area contributed by atoms with Gasteiger partial charge in [-0.2, -0.15) is 0 Å². The third-order valence-electron chi connectivity index (χ3n) is 2.06. The van der Waals surface area contributed by atoms with Crippen molar-refractivity contribution in [3.8, 4) is 0 Å². The van der Waals surface area contributed by atoms with E-state index in [0.717, 1.165) is 29.5 Å². The largest absolute Gasteiger partial charge is 0.369 e. The highest BCUT2D eigenvalue weighted by atomic mass is 32.1. The minimum Gasteiger partial charge on any atom is -0.369 e. The fourth-order valence-electron chi connectivity index (χ4n) is 0.860. The van der Waals surface area contributed by atoms with Crippen LogP contribution in [0.1, 0.15) is 20.3 Å². The summed E-state index contributed by atoms with van der Waals surface area (Å²) in [6, 6.07) is 0. The van der Waals surface area contributed by atoms with E-state index in [1.807, 2.05) is 27.9 Å². The molecule has 0 rings (SSSR count). The third kappa shape index (κ3) is 5.93. The molecule has 4 heteroatoms. The highest BCUT2D eigenvalue weighted by Gasteiger charge is 2.00. The number of thiocarbonyl (C=S) groups is 2. The molecule has 0 saturated carbocycles. The van der Waals surface area contributed by atoms with Gasteiger partial charge in [-0.05, 0) is 20.3 Å². The molecule has 0 unspecified atom stereocenters. The van der Waals surface area contributed by atoms with E-state index in [9.17, 15) is 0 Å². The molecule has 0 bridgehead atoms. The van der Waals surface area contributed by atoms with Crippen LogP contribution in [-0.2, 0) is 0 Å². The van der Waals surface area contributed by atoms with Crippen LogP contribution >= 0.6 is 24.4 Å². The van der Waals surface area contributed by atoms with Crippen LogP contribution in [0.25, 0.3) is 0 Å². The van der Waals surface area contributed by atoms with Crippen molar-refractivity contribution in [2.75, 3.05) is 27.2 Å². The Kier molecular flexibility index (Phi) is 6.16. The first kappa shape index (κ1) is 12.8. The van der Waals surface area contributed by atoms with Crippen LogP contribution in [0.2, 0.25) is 0 Å². The lowest BCUT2D eigenvalue weighted by molar-refractivity contribution is 0.428. The first-order chi connectivity index (χ1) is 5.95. The number of rotatable bonds is 4. The van der Waals surface area contributed by atoms with Gasteiger partial charge in [-0.25, -0.2) is 0 Å². The standard InChI is InChI=1S/C9H18N2S2/c1-8(12)10(3)6-5-7-11(4)9(2)13/h5-7H2,1-4H3. The summed E-state index contributed by atoms with van der Waals surface area (Å²) in [5.41, 5.74) is 0. The Hall–Kier alpha value is -0.220. The molecule has 0 fully saturated rings. The highest BCUT2D eigenvalue weighted by Crippen LogP contribution is 1.94. The predicted molar refractivity (Wildman–Crippen MR) is 66.4 cm³/mol. The lowest BCUT2D eigenvalue weighted by Crippen LogP contribution is -2.29. The summed E-state index contributed by atoms with van der Waals surface area (Å²) in [4.78, 5) is 6.06. The van der Waals surface area contributed by atoms with Gasteiger partial charge in [-0.1, -0.05) is 24.4 Å². The molecular weight excluding hydrogens is 200 g/mol. The Balaban J connectivity index is 3.56. The molecule has 0 spiro atoms. The minimum atomic E-state index is 0.946. The molecule has 2 nitrogen and oxygen atoms in total. The minimum absolute atomic E-state index is 0.946. The summed E-state index contributed by atoms with van der Waals surface area (Å²) >= 11 is 10.1. The molecule has 0 heterocycles. The van der Waals surface area contributed by atoms with Gasteiger partial charge in [-0.3, -0.25) is 0 Å². The van der Waals surface area contributed by atoms with E-state index >= 15 is 0 Å². The topological polar surface area (TPSA) is 6.48 Å². The molecule has 0 atom stereocenters. The fourth-order valence-corrected chi connectivity index (χ4v) is 1.04. The average Bonchev–Trinajstić information content (AvgIpc) is 2.03. The van der Waals surface area contributed by atoms with Crippen molar-refractivity contribution in [3.05, 3.63) is 0 Å². The summed E-state index contributed by atoms with van der Waals surface area (Å²) in [6.45, 7) is 5.90. The van der Waals surface area contributed by atoms with Crippen LogP contribution in [0.4, 0.5) is 0 Å². The van der Waals surface area contributed by atoms with Crippen molar-refractivity contribution in [1.82, 2.24) is 9.80 Å². The molecule has 0 aromatic rings. The Morgan fingerprint density at radius 2 is 1.23 bits per heavy atom. The maximum atomic E-state index is 5.04. The summed E-state index contributed by atoms with van der Waals surface area (Å²) in [5, 5.41) is 0. The predicted octanol–water partition coefficient (Wildman–Crippen LogP) is 1.93. The van der Waals surface area contributed by atoms with Crippen LogP contribution in [0.5, 0.6) is 0 Å². The van der Waals surface area contributed by atoms with E-state index in [1.54, 1.807) is 0 Å². The van der Waals surface area contributed by atoms with Crippen LogP contribution < -0.4 is 0 Å². The van der Waals surface area contributed by atoms with Gasteiger partial charge in [0.25, 0.3) is 0 Å². The van der Waals surface area contributed by atoms with Crippen molar-refractivity contribution in [1.29, 1.82) is 0 Å². The molecule has 0 aliphatic heterocycles. The van der Waals surface area contributed by atoms with Crippen molar-refractivity contribution in [2.24, 2.45) is 0 Å². The summed E-state index contributed by atoms with van der Waals surface area (Å²) < 4.78 is 0. The van der Waals surface area contributed by atoms with E-state index in [0.29, 0.717) is 0 Å². The van der Waals surface area contributed by atoms with Gasteiger partial charge in [-0.15, -0.1) is 0 Å². The van der Waals surface area contributed by atoms with Crippen LogP contribution in [0, 0.1) is 0 Å². The number of hydrogen-bond acceptors (Lipinski definition) is 2. The van der Waals surface area contributed by atoms with Crippen molar-refractivity contribution >= 4 is 34.4 Å². The summed E-state index contributed by atoms with van der Waals surface area (Å²) in [7, 11) is 4.04. The Morgan fingerprint density at radius 3 is 1.46 bits per heavy atom. The molecular formula is C9H18N2S2. The van der Waals surface area contributed by atoms with Gasteiger partial charge in [0.15, 0.2) is 0 Å². The molecule has 76 valence electrons. The van der Waals surface area contributed by atoms with E-state index < -0.39 is 0 Å². The molecule has 0 radical (unpaired) electrons. The van der Waals surface area contributed by atoms with Crippen molar-refractivity contribution in [3.63, 3.8) is 0 Å². The second-order valence-electron chi connectivity index (χ2n) is 3.23. The maximum absolute atomic E-state index is 5.04. The molecule has 0 amide bonds. The lowest BCUT2D eigenvalue weighted by atomic mass is 10.3. The number of hydrogen-bond donors (Lipinski definition) is 0.